The van der Waals surface area contributed by atoms with Crippen LogP contribution in [0.15, 0.2) is 53.2 Å². The molecule has 0 unspecified atom stereocenters. The number of para-hydroxylation sites is 1. The number of piperazine rings is 1. The molecule has 1 saturated heterocycles. The predicted molar refractivity (Wildman–Crippen MR) is 143 cm³/mol. The van der Waals surface area contributed by atoms with Gasteiger partial charge in [-0.15, -0.1) is 0 Å². The molecule has 0 amide bonds. The van der Waals surface area contributed by atoms with Gasteiger partial charge in [-0.1, -0.05) is 18.2 Å². The van der Waals surface area contributed by atoms with Crippen LogP contribution in [0.5, 0.6) is 11.5 Å². The van der Waals surface area contributed by atoms with E-state index in [4.69, 9.17) is 30.7 Å². The Morgan fingerprint density at radius 2 is 1.81 bits per heavy atom. The highest BCUT2D eigenvalue weighted by Crippen LogP contribution is 2.33. The zero-order valence-electron chi connectivity index (χ0n) is 20.0. The monoisotopic (exact) mass is 543 g/mol. The molecular weight excluding hydrogens is 518 g/mol. The minimum Gasteiger partial charge on any atom is -0.454 e. The van der Waals surface area contributed by atoms with Gasteiger partial charge in [0.05, 0.1) is 6.26 Å². The molecule has 37 heavy (non-hydrogen) atoms. The summed E-state index contributed by atoms with van der Waals surface area (Å²) in [6, 6.07) is 13.9. The van der Waals surface area contributed by atoms with Gasteiger partial charge in [-0.25, -0.2) is 9.97 Å². The SMILES string of the molecule is CS(=O)(=O)O.S=C(NCc1ccc2c(c1)OCO2)N1CCN(c2ncnc3c2oc2ccccc23)CC1. The van der Waals surface area contributed by atoms with Crippen molar-refractivity contribution < 1.29 is 26.9 Å². The zero-order valence-corrected chi connectivity index (χ0v) is 21.6. The molecule has 6 rings (SSSR count). The number of benzene rings is 2. The van der Waals surface area contributed by atoms with Crippen molar-refractivity contribution in [1.82, 2.24) is 20.2 Å². The molecule has 2 aliphatic rings. The summed E-state index contributed by atoms with van der Waals surface area (Å²) in [6.45, 7) is 4.13. The van der Waals surface area contributed by atoms with Gasteiger partial charge in [-0.3, -0.25) is 4.55 Å². The van der Waals surface area contributed by atoms with Crippen LogP contribution in [0.25, 0.3) is 22.1 Å². The first kappa shape index (κ1) is 25.0. The van der Waals surface area contributed by atoms with Crippen molar-refractivity contribution in [3.63, 3.8) is 0 Å². The average Bonchev–Trinajstić information content (AvgIpc) is 3.50. The number of hydrogen-bond acceptors (Lipinski definition) is 9. The molecule has 0 radical (unpaired) electrons. The number of thiocarbonyl (C=S) groups is 1. The van der Waals surface area contributed by atoms with Crippen LogP contribution in [0.3, 0.4) is 0 Å². The fraction of sp³-hybridized carbons (Fsp3) is 0.292. The van der Waals surface area contributed by atoms with Crippen molar-refractivity contribution >= 4 is 55.3 Å². The molecule has 194 valence electrons. The van der Waals surface area contributed by atoms with Crippen LogP contribution >= 0.6 is 12.2 Å². The minimum atomic E-state index is -3.67. The van der Waals surface area contributed by atoms with E-state index in [1.165, 1.54) is 0 Å². The largest absolute Gasteiger partial charge is 0.454 e. The number of rotatable bonds is 3. The second-order valence-electron chi connectivity index (χ2n) is 8.53. The molecule has 2 aromatic heterocycles. The molecule has 2 aromatic carbocycles. The summed E-state index contributed by atoms with van der Waals surface area (Å²) >= 11 is 5.64. The molecule has 0 aliphatic carbocycles. The van der Waals surface area contributed by atoms with Crippen molar-refractivity contribution in [2.24, 2.45) is 0 Å². The van der Waals surface area contributed by atoms with Gasteiger partial charge in [0.15, 0.2) is 28.0 Å². The highest BCUT2D eigenvalue weighted by Gasteiger charge is 2.24. The average molecular weight is 544 g/mol. The van der Waals surface area contributed by atoms with E-state index < -0.39 is 10.1 Å². The van der Waals surface area contributed by atoms with Crippen molar-refractivity contribution in [3.05, 3.63) is 54.4 Å². The third kappa shape index (κ3) is 5.84. The number of nitrogens with one attached hydrogen (secondary N) is 1. The lowest BCUT2D eigenvalue weighted by Crippen LogP contribution is -2.51. The smallest absolute Gasteiger partial charge is 0.261 e. The van der Waals surface area contributed by atoms with E-state index in [-0.39, 0.29) is 6.79 Å². The Kier molecular flexibility index (Phi) is 7.00. The number of hydrogen-bond donors (Lipinski definition) is 2. The number of fused-ring (bicyclic) bond motifs is 4. The topological polar surface area (TPSA) is 130 Å². The molecule has 4 heterocycles. The molecule has 2 N–H and O–H groups in total. The van der Waals surface area contributed by atoms with E-state index in [9.17, 15) is 8.42 Å². The summed E-state index contributed by atoms with van der Waals surface area (Å²) in [5, 5.41) is 5.12. The van der Waals surface area contributed by atoms with E-state index in [1.54, 1.807) is 6.33 Å². The maximum Gasteiger partial charge on any atom is 0.261 e. The summed E-state index contributed by atoms with van der Waals surface area (Å²) in [4.78, 5) is 13.4. The van der Waals surface area contributed by atoms with Crippen LogP contribution in [0.1, 0.15) is 5.56 Å². The number of aromatic nitrogens is 2. The van der Waals surface area contributed by atoms with Gasteiger partial charge in [-0.2, -0.15) is 8.42 Å². The van der Waals surface area contributed by atoms with E-state index in [0.29, 0.717) is 12.8 Å². The summed E-state index contributed by atoms with van der Waals surface area (Å²) in [5.41, 5.74) is 3.53. The van der Waals surface area contributed by atoms with Crippen molar-refractivity contribution in [2.45, 2.75) is 6.54 Å². The molecule has 0 bridgehead atoms. The lowest BCUT2D eigenvalue weighted by atomic mass is 10.2. The quantitative estimate of drug-likeness (QED) is 0.291. The second kappa shape index (κ2) is 10.4. The van der Waals surface area contributed by atoms with E-state index in [2.05, 4.69) is 25.1 Å². The highest BCUT2D eigenvalue weighted by molar-refractivity contribution is 7.85. The number of anilines is 1. The number of nitrogens with zero attached hydrogens (tertiary/aromatic N) is 4. The molecule has 0 saturated carbocycles. The third-order valence-corrected chi connectivity index (χ3v) is 6.29. The van der Waals surface area contributed by atoms with Crippen molar-refractivity contribution in [3.8, 4) is 11.5 Å². The zero-order chi connectivity index (χ0) is 26.0. The van der Waals surface area contributed by atoms with Crippen molar-refractivity contribution in [1.29, 1.82) is 0 Å². The normalized spacial score (nSPS) is 15.0. The first-order chi connectivity index (χ1) is 17.8. The summed E-state index contributed by atoms with van der Waals surface area (Å²) in [6.07, 6.45) is 2.33. The minimum absolute atomic E-state index is 0.279. The summed E-state index contributed by atoms with van der Waals surface area (Å²) in [7, 11) is -3.67. The lowest BCUT2D eigenvalue weighted by molar-refractivity contribution is 0.174. The Hall–Kier alpha value is -3.68. The van der Waals surface area contributed by atoms with E-state index in [0.717, 1.165) is 76.2 Å². The van der Waals surface area contributed by atoms with Gasteiger partial charge in [0.1, 0.15) is 17.4 Å². The molecule has 1 fully saturated rings. The molecule has 0 spiro atoms. The lowest BCUT2D eigenvalue weighted by Gasteiger charge is -2.36. The van der Waals surface area contributed by atoms with Crippen LogP contribution in [0.2, 0.25) is 0 Å². The van der Waals surface area contributed by atoms with Crippen LogP contribution in [-0.4, -0.2) is 72.2 Å². The fourth-order valence-corrected chi connectivity index (χ4v) is 4.45. The Morgan fingerprint density at radius 1 is 1.08 bits per heavy atom. The van der Waals surface area contributed by atoms with Gasteiger partial charge >= 0.3 is 0 Å². The van der Waals surface area contributed by atoms with E-state index >= 15 is 0 Å². The van der Waals surface area contributed by atoms with Gasteiger partial charge in [0, 0.05) is 38.1 Å². The van der Waals surface area contributed by atoms with Crippen LogP contribution in [0, 0.1) is 0 Å². The molecule has 4 aromatic rings. The molecule has 13 heteroatoms. The van der Waals surface area contributed by atoms with E-state index in [1.807, 2.05) is 42.5 Å². The van der Waals surface area contributed by atoms with Crippen LogP contribution < -0.4 is 19.7 Å². The summed E-state index contributed by atoms with van der Waals surface area (Å²) in [5.74, 6) is 2.41. The Bertz CT molecular complexity index is 1540. The van der Waals surface area contributed by atoms with Gasteiger partial charge in [0.25, 0.3) is 10.1 Å². The van der Waals surface area contributed by atoms with Crippen LogP contribution in [-0.2, 0) is 16.7 Å². The number of ether oxygens (including phenoxy) is 2. The molecule has 2 aliphatic heterocycles. The molecule has 0 atom stereocenters. The van der Waals surface area contributed by atoms with Gasteiger partial charge in [0.2, 0.25) is 6.79 Å². The van der Waals surface area contributed by atoms with Crippen LogP contribution in [0.4, 0.5) is 5.82 Å². The predicted octanol–water partition coefficient (Wildman–Crippen LogP) is 2.81. The van der Waals surface area contributed by atoms with Gasteiger partial charge in [-0.05, 0) is 42.0 Å². The molecular formula is C24H25N5O6S2. The van der Waals surface area contributed by atoms with Crippen molar-refractivity contribution in [2.75, 3.05) is 44.1 Å². The standard InChI is InChI=1S/C23H21N5O3S.CH4O3S/c32-23(24-12-15-5-6-18-19(11-15)30-14-29-18)28-9-7-27(8-10-28)22-21-20(25-13-26-22)16-3-1-2-4-17(16)31-21;1-5(2,3)4/h1-6,11,13H,7-10,12,14H2,(H,24,32);1H3,(H,2,3,4). The molecule has 11 nitrogen and oxygen atoms in total. The summed E-state index contributed by atoms with van der Waals surface area (Å²) < 4.78 is 42.8. The Labute approximate surface area is 218 Å². The Balaban J connectivity index is 0.000000514. The third-order valence-electron chi connectivity index (χ3n) is 5.89. The first-order valence-electron chi connectivity index (χ1n) is 11.5. The maximum atomic E-state index is 9.19. The second-order valence-corrected chi connectivity index (χ2v) is 10.4. The van der Waals surface area contributed by atoms with Gasteiger partial charge < -0.3 is 29.0 Å². The highest BCUT2D eigenvalue weighted by atomic mass is 32.2. The maximum absolute atomic E-state index is 9.19. The first-order valence-corrected chi connectivity index (χ1v) is 13.7. The Morgan fingerprint density at radius 3 is 2.59 bits per heavy atom. The fourth-order valence-electron chi connectivity index (χ4n) is 4.20. The number of furan rings is 1.